The number of imide groups is 1. The number of rotatable bonds is 5. The quantitative estimate of drug-likeness (QED) is 0.771. The van der Waals surface area contributed by atoms with Crippen LogP contribution in [0, 0.1) is 0 Å². The second kappa shape index (κ2) is 6.79. The molecule has 142 valence electrons. The highest BCUT2D eigenvalue weighted by atomic mass is 32.2. The number of sulfonamides is 1. The fourth-order valence-electron chi connectivity index (χ4n) is 2.89. The van der Waals surface area contributed by atoms with E-state index in [-0.39, 0.29) is 10.8 Å². The lowest BCUT2D eigenvalue weighted by Crippen LogP contribution is -2.47. The largest absolute Gasteiger partial charge is 0.341 e. The molecule has 3 amide bonds. The van der Waals surface area contributed by atoms with E-state index in [0.717, 1.165) is 5.56 Å². The minimum Gasteiger partial charge on any atom is -0.318 e. The molecule has 0 radical (unpaired) electrons. The first-order valence-electron chi connectivity index (χ1n) is 8.50. The average molecular weight is 387 g/mol. The number of urea groups is 1. The molecule has 0 unspecified atom stereocenters. The number of amides is 3. The molecule has 0 bridgehead atoms. The van der Waals surface area contributed by atoms with Crippen molar-refractivity contribution < 1.29 is 18.0 Å². The Labute approximate surface area is 158 Å². The summed E-state index contributed by atoms with van der Waals surface area (Å²) in [7, 11) is -4.09. The number of hydrazine groups is 1. The molecule has 1 fully saturated rings. The van der Waals surface area contributed by atoms with Gasteiger partial charge < -0.3 is 5.32 Å². The molecule has 8 heteroatoms. The Bertz CT molecular complexity index is 972. The van der Waals surface area contributed by atoms with Gasteiger partial charge in [0.15, 0.2) is 0 Å². The predicted octanol–water partition coefficient (Wildman–Crippen LogP) is 2.47. The van der Waals surface area contributed by atoms with E-state index in [0.29, 0.717) is 10.6 Å². The number of hydrogen-bond acceptors (Lipinski definition) is 4. The average Bonchev–Trinajstić information content (AvgIpc) is 2.86. The van der Waals surface area contributed by atoms with Gasteiger partial charge in [0.25, 0.3) is 15.9 Å². The second-order valence-corrected chi connectivity index (χ2v) is 8.54. The number of nitrogens with one attached hydrogen (secondary N) is 2. The normalized spacial score (nSPS) is 20.2. The van der Waals surface area contributed by atoms with Crippen LogP contribution in [0.25, 0.3) is 0 Å². The van der Waals surface area contributed by atoms with Crippen molar-refractivity contribution in [2.45, 2.75) is 37.1 Å². The van der Waals surface area contributed by atoms with Crippen molar-refractivity contribution >= 4 is 22.0 Å². The summed E-state index contributed by atoms with van der Waals surface area (Å²) in [5.41, 5.74) is 0.203. The number of hydrogen-bond donors (Lipinski definition) is 2. The predicted molar refractivity (Wildman–Crippen MR) is 100 cm³/mol. The lowest BCUT2D eigenvalue weighted by Gasteiger charge is -2.22. The third kappa shape index (κ3) is 3.45. The SMILES string of the molecule is CC(C)c1ccc(S(=O)(=O)NN2C(=O)N[C@@](C)(c3ccccc3)C2=O)cc1. The molecule has 1 heterocycles. The van der Waals surface area contributed by atoms with Gasteiger partial charge in [-0.25, -0.2) is 13.2 Å². The molecule has 1 aliphatic heterocycles. The van der Waals surface area contributed by atoms with Crippen molar-refractivity contribution in [3.63, 3.8) is 0 Å². The molecule has 1 saturated heterocycles. The fourth-order valence-corrected chi connectivity index (χ4v) is 3.90. The van der Waals surface area contributed by atoms with Crippen LogP contribution in [0.4, 0.5) is 4.79 Å². The molecule has 0 aromatic heterocycles. The van der Waals surface area contributed by atoms with E-state index in [4.69, 9.17) is 0 Å². The Balaban J connectivity index is 1.86. The van der Waals surface area contributed by atoms with E-state index in [1.807, 2.05) is 13.8 Å². The molecule has 3 rings (SSSR count). The zero-order valence-corrected chi connectivity index (χ0v) is 16.1. The Hall–Kier alpha value is -2.71. The van der Waals surface area contributed by atoms with Gasteiger partial charge in [0.1, 0.15) is 5.54 Å². The molecule has 7 nitrogen and oxygen atoms in total. The van der Waals surface area contributed by atoms with Crippen LogP contribution in [-0.4, -0.2) is 25.4 Å². The van der Waals surface area contributed by atoms with Crippen LogP contribution in [-0.2, 0) is 20.4 Å². The maximum atomic E-state index is 12.8. The lowest BCUT2D eigenvalue weighted by molar-refractivity contribution is -0.132. The summed E-state index contributed by atoms with van der Waals surface area (Å²) in [6, 6.07) is 14.1. The first-order chi connectivity index (χ1) is 12.6. The van der Waals surface area contributed by atoms with Crippen molar-refractivity contribution in [3.05, 3.63) is 65.7 Å². The maximum Gasteiger partial charge on any atom is 0.341 e. The molecular formula is C19H21N3O4S. The number of benzene rings is 2. The van der Waals surface area contributed by atoms with Crippen molar-refractivity contribution in [1.29, 1.82) is 0 Å². The molecule has 0 spiro atoms. The highest BCUT2D eigenvalue weighted by Crippen LogP contribution is 2.28. The smallest absolute Gasteiger partial charge is 0.318 e. The van der Waals surface area contributed by atoms with Gasteiger partial charge in [-0.05, 0) is 36.1 Å². The standard InChI is InChI=1S/C19H21N3O4S/c1-13(2)14-9-11-16(12-10-14)27(25,26)21-22-17(23)19(3,20-18(22)24)15-7-5-4-6-8-15/h4-13,21H,1-3H3,(H,20,24)/t19-/m0/s1. The zero-order valence-electron chi connectivity index (χ0n) is 15.3. The summed E-state index contributed by atoms with van der Waals surface area (Å²) in [4.78, 5) is 27.2. The Morgan fingerprint density at radius 3 is 2.15 bits per heavy atom. The minimum atomic E-state index is -4.09. The van der Waals surface area contributed by atoms with Crippen LogP contribution in [0.15, 0.2) is 59.5 Å². The molecule has 2 aromatic carbocycles. The summed E-state index contributed by atoms with van der Waals surface area (Å²) in [6.07, 6.45) is 0. The zero-order chi connectivity index (χ0) is 19.8. The molecule has 0 aliphatic carbocycles. The highest BCUT2D eigenvalue weighted by molar-refractivity contribution is 7.89. The van der Waals surface area contributed by atoms with E-state index in [1.54, 1.807) is 42.5 Å². The van der Waals surface area contributed by atoms with Gasteiger partial charge in [-0.3, -0.25) is 4.79 Å². The van der Waals surface area contributed by atoms with Gasteiger partial charge in [-0.1, -0.05) is 56.3 Å². The van der Waals surface area contributed by atoms with E-state index < -0.39 is 27.5 Å². The van der Waals surface area contributed by atoms with Crippen LogP contribution < -0.4 is 10.1 Å². The summed E-state index contributed by atoms with van der Waals surface area (Å²) in [5, 5.41) is 3.07. The first-order valence-corrected chi connectivity index (χ1v) is 9.98. The minimum absolute atomic E-state index is 0.0270. The van der Waals surface area contributed by atoms with Crippen molar-refractivity contribution in [2.24, 2.45) is 0 Å². The van der Waals surface area contributed by atoms with Gasteiger partial charge in [-0.15, -0.1) is 4.83 Å². The van der Waals surface area contributed by atoms with Gasteiger partial charge >= 0.3 is 6.03 Å². The molecule has 1 atom stereocenters. The monoisotopic (exact) mass is 387 g/mol. The van der Waals surface area contributed by atoms with Crippen LogP contribution in [0.5, 0.6) is 0 Å². The van der Waals surface area contributed by atoms with E-state index in [9.17, 15) is 18.0 Å². The molecule has 27 heavy (non-hydrogen) atoms. The molecule has 2 N–H and O–H groups in total. The van der Waals surface area contributed by atoms with Gasteiger partial charge in [0.2, 0.25) is 0 Å². The van der Waals surface area contributed by atoms with Gasteiger partial charge in [0.05, 0.1) is 4.90 Å². The van der Waals surface area contributed by atoms with Crippen LogP contribution >= 0.6 is 0 Å². The van der Waals surface area contributed by atoms with Gasteiger partial charge in [0, 0.05) is 0 Å². The molecule has 1 aliphatic rings. The van der Waals surface area contributed by atoms with E-state index >= 15 is 0 Å². The third-order valence-electron chi connectivity index (χ3n) is 4.61. The molecule has 2 aromatic rings. The Morgan fingerprint density at radius 2 is 1.59 bits per heavy atom. The Kier molecular flexibility index (Phi) is 4.79. The fraction of sp³-hybridized carbons (Fsp3) is 0.263. The topological polar surface area (TPSA) is 95.6 Å². The van der Waals surface area contributed by atoms with E-state index in [2.05, 4.69) is 10.1 Å². The lowest BCUT2D eigenvalue weighted by atomic mass is 9.92. The number of carbonyl (C=O) groups is 2. The van der Waals surface area contributed by atoms with Crippen LogP contribution in [0.2, 0.25) is 0 Å². The summed E-state index contributed by atoms with van der Waals surface area (Å²) in [6.45, 7) is 5.53. The molecule has 0 saturated carbocycles. The van der Waals surface area contributed by atoms with Gasteiger partial charge in [-0.2, -0.15) is 5.01 Å². The van der Waals surface area contributed by atoms with Crippen molar-refractivity contribution in [1.82, 2.24) is 15.2 Å². The molecular weight excluding hydrogens is 366 g/mol. The third-order valence-corrected chi connectivity index (χ3v) is 5.93. The number of carbonyl (C=O) groups excluding carboxylic acids is 2. The Morgan fingerprint density at radius 1 is 1.00 bits per heavy atom. The maximum absolute atomic E-state index is 12.8. The second-order valence-electron chi connectivity index (χ2n) is 6.88. The summed E-state index contributed by atoms with van der Waals surface area (Å²) >= 11 is 0. The summed E-state index contributed by atoms with van der Waals surface area (Å²) < 4.78 is 25.2. The van der Waals surface area contributed by atoms with E-state index in [1.165, 1.54) is 19.1 Å². The van der Waals surface area contributed by atoms with Crippen LogP contribution in [0.3, 0.4) is 0 Å². The number of nitrogens with zero attached hydrogens (tertiary/aromatic N) is 1. The summed E-state index contributed by atoms with van der Waals surface area (Å²) in [5.74, 6) is -0.437. The van der Waals surface area contributed by atoms with Crippen LogP contribution in [0.1, 0.15) is 37.8 Å². The van der Waals surface area contributed by atoms with Crippen molar-refractivity contribution in [3.8, 4) is 0 Å². The van der Waals surface area contributed by atoms with Crippen molar-refractivity contribution in [2.75, 3.05) is 0 Å². The highest BCUT2D eigenvalue weighted by Gasteiger charge is 2.50. The first kappa shape index (κ1) is 19.1.